The lowest BCUT2D eigenvalue weighted by Crippen LogP contribution is -2.29. The van der Waals surface area contributed by atoms with Crippen LogP contribution in [0.4, 0.5) is 4.39 Å². The second-order valence-corrected chi connectivity index (χ2v) is 6.45. The van der Waals surface area contributed by atoms with Crippen molar-refractivity contribution in [3.63, 3.8) is 0 Å². The minimum atomic E-state index is -0.999. The minimum Gasteiger partial charge on any atom is -0.317 e. The van der Waals surface area contributed by atoms with Gasteiger partial charge in [0.1, 0.15) is 5.82 Å². The van der Waals surface area contributed by atoms with Crippen molar-refractivity contribution < 1.29 is 8.60 Å². The molecule has 3 unspecified atom stereocenters. The van der Waals surface area contributed by atoms with Crippen molar-refractivity contribution in [3.8, 4) is 0 Å². The molecule has 100 valence electrons. The molecule has 0 heterocycles. The lowest BCUT2D eigenvalue weighted by molar-refractivity contribution is 0.416. The Morgan fingerprint density at radius 3 is 2.72 bits per heavy atom. The molecule has 1 aliphatic rings. The topological polar surface area (TPSA) is 29.1 Å². The van der Waals surface area contributed by atoms with Gasteiger partial charge in [0, 0.05) is 16.7 Å². The van der Waals surface area contributed by atoms with E-state index >= 15 is 0 Å². The molecule has 4 heteroatoms. The van der Waals surface area contributed by atoms with Crippen molar-refractivity contribution in [3.05, 3.63) is 30.1 Å². The van der Waals surface area contributed by atoms with Crippen LogP contribution in [-0.4, -0.2) is 23.1 Å². The largest absolute Gasteiger partial charge is 0.317 e. The van der Waals surface area contributed by atoms with Gasteiger partial charge in [-0.1, -0.05) is 6.42 Å². The third-order valence-electron chi connectivity index (χ3n) is 3.78. The highest BCUT2D eigenvalue weighted by Gasteiger charge is 2.25. The van der Waals surface area contributed by atoms with Crippen molar-refractivity contribution in [1.82, 2.24) is 5.32 Å². The van der Waals surface area contributed by atoms with Crippen molar-refractivity contribution in [1.29, 1.82) is 0 Å². The van der Waals surface area contributed by atoms with Gasteiger partial charge in [-0.05, 0) is 56.5 Å². The van der Waals surface area contributed by atoms with E-state index in [0.717, 1.165) is 11.3 Å². The van der Waals surface area contributed by atoms with Crippen molar-refractivity contribution in [2.24, 2.45) is 5.92 Å². The fraction of sp³-hybridized carbons (Fsp3) is 0.571. The van der Waals surface area contributed by atoms with Crippen LogP contribution in [-0.2, 0) is 10.8 Å². The van der Waals surface area contributed by atoms with Gasteiger partial charge in [-0.3, -0.25) is 4.21 Å². The summed E-state index contributed by atoms with van der Waals surface area (Å²) in [5, 5.41) is 3.34. The Kier molecular flexibility index (Phi) is 4.89. The third kappa shape index (κ3) is 3.39. The van der Waals surface area contributed by atoms with Crippen LogP contribution in [0.3, 0.4) is 0 Å². The summed E-state index contributed by atoms with van der Waals surface area (Å²) in [6, 6.07) is 6.57. The first-order valence-corrected chi connectivity index (χ1v) is 7.84. The van der Waals surface area contributed by atoms with E-state index < -0.39 is 10.8 Å². The lowest BCUT2D eigenvalue weighted by Gasteiger charge is -2.18. The Morgan fingerprint density at radius 2 is 2.06 bits per heavy atom. The van der Waals surface area contributed by atoms with Gasteiger partial charge in [0.15, 0.2) is 0 Å². The normalized spacial score (nSPS) is 25.2. The summed E-state index contributed by atoms with van der Waals surface area (Å²) < 4.78 is 24.8. The maximum absolute atomic E-state index is 12.8. The summed E-state index contributed by atoms with van der Waals surface area (Å²) in [7, 11) is 1.00. The first kappa shape index (κ1) is 13.7. The molecule has 18 heavy (non-hydrogen) atoms. The third-order valence-corrected chi connectivity index (χ3v) is 5.18. The average molecular weight is 269 g/mol. The molecule has 1 aromatic carbocycles. The summed E-state index contributed by atoms with van der Waals surface area (Å²) in [6.45, 7) is 0. The van der Waals surface area contributed by atoms with Crippen LogP contribution in [0.15, 0.2) is 29.2 Å². The Morgan fingerprint density at radius 1 is 1.33 bits per heavy atom. The molecule has 0 aliphatic heterocycles. The van der Waals surface area contributed by atoms with Crippen molar-refractivity contribution in [2.75, 3.05) is 12.8 Å². The maximum Gasteiger partial charge on any atom is 0.123 e. The fourth-order valence-corrected chi connectivity index (χ4v) is 3.92. The summed E-state index contributed by atoms with van der Waals surface area (Å²) >= 11 is 0. The lowest BCUT2D eigenvalue weighted by atomic mass is 10.0. The number of hydrogen-bond donors (Lipinski definition) is 1. The predicted octanol–water partition coefficient (Wildman–Crippen LogP) is 2.71. The second kappa shape index (κ2) is 6.43. The van der Waals surface area contributed by atoms with Crippen molar-refractivity contribution in [2.45, 2.75) is 36.6 Å². The fourth-order valence-electron chi connectivity index (χ4n) is 2.73. The van der Waals surface area contributed by atoms with Crippen LogP contribution in [0.25, 0.3) is 0 Å². The first-order valence-electron chi connectivity index (χ1n) is 6.52. The zero-order valence-electron chi connectivity index (χ0n) is 10.7. The molecule has 2 nitrogen and oxygen atoms in total. The molecule has 0 bridgehead atoms. The van der Waals surface area contributed by atoms with E-state index in [1.807, 2.05) is 7.05 Å². The van der Waals surface area contributed by atoms with Crippen LogP contribution in [0.2, 0.25) is 0 Å². The van der Waals surface area contributed by atoms with E-state index in [9.17, 15) is 8.60 Å². The van der Waals surface area contributed by atoms with Gasteiger partial charge >= 0.3 is 0 Å². The highest BCUT2D eigenvalue weighted by Crippen LogP contribution is 2.28. The standard InChI is InChI=1S/C14H20FNOS/c1-16-14-4-2-3-11(14)9-10-18(17)13-7-5-12(15)6-8-13/h5-8,11,14,16H,2-4,9-10H2,1H3. The molecule has 0 amide bonds. The SMILES string of the molecule is CNC1CCCC1CCS(=O)c1ccc(F)cc1. The van der Waals surface area contributed by atoms with E-state index in [0.29, 0.717) is 17.7 Å². The maximum atomic E-state index is 12.8. The van der Waals surface area contributed by atoms with E-state index in [4.69, 9.17) is 0 Å². The zero-order valence-corrected chi connectivity index (χ0v) is 11.5. The molecule has 3 atom stereocenters. The summed E-state index contributed by atoms with van der Waals surface area (Å²) in [6.07, 6.45) is 4.70. The molecule has 1 aliphatic carbocycles. The molecule has 1 N–H and O–H groups in total. The summed E-state index contributed by atoms with van der Waals surface area (Å²) in [5.74, 6) is 1.04. The van der Waals surface area contributed by atoms with E-state index in [1.54, 1.807) is 12.1 Å². The van der Waals surface area contributed by atoms with Crippen molar-refractivity contribution >= 4 is 10.8 Å². The van der Waals surface area contributed by atoms with E-state index in [1.165, 1.54) is 31.4 Å². The first-order chi connectivity index (χ1) is 8.70. The van der Waals surface area contributed by atoms with Gasteiger partial charge in [0.05, 0.1) is 10.8 Å². The minimum absolute atomic E-state index is 0.276. The second-order valence-electron chi connectivity index (χ2n) is 4.88. The summed E-state index contributed by atoms with van der Waals surface area (Å²) in [4.78, 5) is 0.732. The number of halogens is 1. The van der Waals surface area contributed by atoms with Crippen LogP contribution >= 0.6 is 0 Å². The Labute approximate surface area is 110 Å². The van der Waals surface area contributed by atoms with Crippen LogP contribution in [0.1, 0.15) is 25.7 Å². The van der Waals surface area contributed by atoms with E-state index in [-0.39, 0.29) is 5.82 Å². The van der Waals surface area contributed by atoms with Gasteiger partial charge in [-0.2, -0.15) is 0 Å². The molecular formula is C14H20FNOS. The molecule has 1 aromatic rings. The van der Waals surface area contributed by atoms with Gasteiger partial charge in [0.25, 0.3) is 0 Å². The predicted molar refractivity (Wildman–Crippen MR) is 72.5 cm³/mol. The number of rotatable bonds is 5. The molecule has 0 saturated heterocycles. The Bertz CT molecular complexity index is 407. The molecule has 2 rings (SSSR count). The molecule has 0 radical (unpaired) electrons. The average Bonchev–Trinajstić information content (AvgIpc) is 2.84. The van der Waals surface area contributed by atoms with Gasteiger partial charge in [-0.15, -0.1) is 0 Å². The smallest absolute Gasteiger partial charge is 0.123 e. The Balaban J connectivity index is 1.86. The Hall–Kier alpha value is -0.740. The highest BCUT2D eigenvalue weighted by atomic mass is 32.2. The molecule has 1 saturated carbocycles. The highest BCUT2D eigenvalue weighted by molar-refractivity contribution is 7.85. The molecule has 0 spiro atoms. The number of nitrogens with one attached hydrogen (secondary N) is 1. The van der Waals surface area contributed by atoms with Gasteiger partial charge < -0.3 is 5.32 Å². The monoisotopic (exact) mass is 269 g/mol. The van der Waals surface area contributed by atoms with E-state index in [2.05, 4.69) is 5.32 Å². The molecule has 0 aromatic heterocycles. The zero-order chi connectivity index (χ0) is 13.0. The van der Waals surface area contributed by atoms with Gasteiger partial charge in [-0.25, -0.2) is 4.39 Å². The van der Waals surface area contributed by atoms with Gasteiger partial charge in [0.2, 0.25) is 0 Å². The molecular weight excluding hydrogens is 249 g/mol. The quantitative estimate of drug-likeness (QED) is 0.890. The number of benzene rings is 1. The van der Waals surface area contributed by atoms with Crippen LogP contribution in [0.5, 0.6) is 0 Å². The van der Waals surface area contributed by atoms with Crippen LogP contribution < -0.4 is 5.32 Å². The number of hydrogen-bond acceptors (Lipinski definition) is 2. The van der Waals surface area contributed by atoms with Crippen LogP contribution in [0, 0.1) is 11.7 Å². The summed E-state index contributed by atoms with van der Waals surface area (Å²) in [5.41, 5.74) is 0. The molecule has 1 fully saturated rings.